The topological polar surface area (TPSA) is 78.7 Å². The maximum absolute atomic E-state index is 12.5. The zero-order valence-electron chi connectivity index (χ0n) is 13.1. The minimum atomic E-state index is -0.941. The van der Waals surface area contributed by atoms with Gasteiger partial charge in [-0.3, -0.25) is 14.9 Å². The fourth-order valence-corrected chi connectivity index (χ4v) is 3.42. The van der Waals surface area contributed by atoms with E-state index in [2.05, 4.69) is 0 Å². The molecule has 1 aliphatic heterocycles. The summed E-state index contributed by atoms with van der Waals surface area (Å²) < 4.78 is 10.8. The van der Waals surface area contributed by atoms with Crippen LogP contribution in [0.3, 0.4) is 0 Å². The Kier molecular flexibility index (Phi) is 4.83. The highest BCUT2D eigenvalue weighted by Gasteiger charge is 2.41. The lowest BCUT2D eigenvalue weighted by atomic mass is 9.81. The van der Waals surface area contributed by atoms with E-state index in [0.717, 1.165) is 0 Å². The average Bonchev–Trinajstić information content (AvgIpc) is 2.68. The molecule has 0 radical (unpaired) electrons. The molecule has 3 rings (SSSR count). The third-order valence-electron chi connectivity index (χ3n) is 4.10. The number of carbonyl (C=O) groups excluding carboxylic acids is 1. The molecule has 0 aromatic heterocycles. The van der Waals surface area contributed by atoms with Gasteiger partial charge < -0.3 is 9.47 Å². The van der Waals surface area contributed by atoms with Crippen LogP contribution >= 0.6 is 23.2 Å². The van der Waals surface area contributed by atoms with Gasteiger partial charge in [-0.25, -0.2) is 0 Å². The molecule has 25 heavy (non-hydrogen) atoms. The van der Waals surface area contributed by atoms with Crippen molar-refractivity contribution in [2.24, 2.45) is 0 Å². The van der Waals surface area contributed by atoms with Gasteiger partial charge >= 0.3 is 5.97 Å². The van der Waals surface area contributed by atoms with E-state index in [0.29, 0.717) is 32.7 Å². The van der Waals surface area contributed by atoms with Gasteiger partial charge in [0.1, 0.15) is 11.5 Å². The standard InChI is InChI=1S/C17H13Cl2NO5/c1-24-17(21)16-12-7-10(19)3-5-15(12)25-14-4-2-9(18)6-11(14)13(16)8-20(22)23/h2-7,13,16H,8H2,1H3/t13-,16-/m1/s1. The third-order valence-corrected chi connectivity index (χ3v) is 4.57. The first-order valence-corrected chi connectivity index (χ1v) is 8.12. The van der Waals surface area contributed by atoms with E-state index in [1.165, 1.54) is 7.11 Å². The number of halogens is 2. The van der Waals surface area contributed by atoms with Crippen LogP contribution in [0.4, 0.5) is 0 Å². The van der Waals surface area contributed by atoms with E-state index in [1.54, 1.807) is 36.4 Å². The zero-order valence-corrected chi connectivity index (χ0v) is 14.6. The van der Waals surface area contributed by atoms with Gasteiger partial charge in [0.25, 0.3) is 0 Å². The number of nitro groups is 1. The fraction of sp³-hybridized carbons (Fsp3) is 0.235. The molecule has 1 heterocycles. The zero-order chi connectivity index (χ0) is 18.1. The molecule has 6 nitrogen and oxygen atoms in total. The second-order valence-corrected chi connectivity index (χ2v) is 6.46. The molecule has 0 N–H and O–H groups in total. The molecule has 0 unspecified atom stereocenters. The molecule has 0 bridgehead atoms. The van der Waals surface area contributed by atoms with E-state index < -0.39 is 29.3 Å². The van der Waals surface area contributed by atoms with E-state index in [9.17, 15) is 14.9 Å². The molecule has 1 aliphatic rings. The number of hydrogen-bond donors (Lipinski definition) is 0. The van der Waals surface area contributed by atoms with Crippen molar-refractivity contribution >= 4 is 29.2 Å². The number of fused-ring (bicyclic) bond motifs is 2. The van der Waals surface area contributed by atoms with Crippen molar-refractivity contribution in [3.05, 3.63) is 67.7 Å². The van der Waals surface area contributed by atoms with Gasteiger partial charge in [-0.1, -0.05) is 23.2 Å². The van der Waals surface area contributed by atoms with Crippen molar-refractivity contribution in [1.29, 1.82) is 0 Å². The summed E-state index contributed by atoms with van der Waals surface area (Å²) in [6.45, 7) is -0.484. The molecular formula is C17H13Cl2NO5. The molecule has 8 heteroatoms. The van der Waals surface area contributed by atoms with Crippen molar-refractivity contribution in [3.63, 3.8) is 0 Å². The largest absolute Gasteiger partial charge is 0.469 e. The van der Waals surface area contributed by atoms with Crippen LogP contribution in [0.25, 0.3) is 0 Å². The number of carbonyl (C=O) groups is 1. The van der Waals surface area contributed by atoms with Gasteiger partial charge in [0.2, 0.25) is 6.54 Å². The minimum absolute atomic E-state index is 0.389. The minimum Gasteiger partial charge on any atom is -0.469 e. The predicted octanol–water partition coefficient (Wildman–Crippen LogP) is 4.42. The summed E-state index contributed by atoms with van der Waals surface area (Å²) in [6, 6.07) is 9.65. The lowest BCUT2D eigenvalue weighted by molar-refractivity contribution is -0.483. The van der Waals surface area contributed by atoms with Crippen molar-refractivity contribution < 1.29 is 19.2 Å². The highest BCUT2D eigenvalue weighted by atomic mass is 35.5. The van der Waals surface area contributed by atoms with E-state index in [4.69, 9.17) is 32.7 Å². The number of ether oxygens (including phenoxy) is 2. The van der Waals surface area contributed by atoms with Crippen LogP contribution in [0.5, 0.6) is 11.5 Å². The lowest BCUT2D eigenvalue weighted by Crippen LogP contribution is -2.26. The molecular weight excluding hydrogens is 369 g/mol. The Labute approximate surface area is 153 Å². The highest BCUT2D eigenvalue weighted by molar-refractivity contribution is 6.31. The number of esters is 1. The normalized spacial score (nSPS) is 18.4. The molecule has 0 amide bonds. The number of rotatable bonds is 3. The molecule has 0 saturated carbocycles. The molecule has 0 fully saturated rings. The SMILES string of the molecule is COC(=O)[C@@H]1c2cc(Cl)ccc2Oc2ccc(Cl)cc2[C@H]1C[N+](=O)[O-]. The monoisotopic (exact) mass is 381 g/mol. The van der Waals surface area contributed by atoms with E-state index >= 15 is 0 Å². The van der Waals surface area contributed by atoms with Crippen LogP contribution in [0.1, 0.15) is 23.0 Å². The highest BCUT2D eigenvalue weighted by Crippen LogP contribution is 2.48. The van der Waals surface area contributed by atoms with Crippen LogP contribution < -0.4 is 4.74 Å². The maximum atomic E-state index is 12.5. The van der Waals surface area contributed by atoms with Crippen LogP contribution in [0.15, 0.2) is 36.4 Å². The van der Waals surface area contributed by atoms with Crippen molar-refractivity contribution in [3.8, 4) is 11.5 Å². The fourth-order valence-electron chi connectivity index (χ4n) is 3.05. The van der Waals surface area contributed by atoms with Gasteiger partial charge in [0.05, 0.1) is 18.9 Å². The van der Waals surface area contributed by atoms with Gasteiger partial charge in [-0.05, 0) is 36.4 Å². The summed E-state index contributed by atoms with van der Waals surface area (Å²) in [5.41, 5.74) is 0.922. The van der Waals surface area contributed by atoms with Crippen LogP contribution in [0.2, 0.25) is 10.0 Å². The molecule has 130 valence electrons. The Morgan fingerprint density at radius 2 is 1.72 bits per heavy atom. The Morgan fingerprint density at radius 1 is 1.16 bits per heavy atom. The second kappa shape index (κ2) is 6.90. The summed E-state index contributed by atoms with van der Waals surface area (Å²) in [7, 11) is 1.24. The summed E-state index contributed by atoms with van der Waals surface area (Å²) in [5, 5.41) is 12.0. The number of nitrogens with zero attached hydrogens (tertiary/aromatic N) is 1. The van der Waals surface area contributed by atoms with Crippen LogP contribution in [0, 0.1) is 10.1 Å². The van der Waals surface area contributed by atoms with Crippen molar-refractivity contribution in [2.45, 2.75) is 11.8 Å². The van der Waals surface area contributed by atoms with Gasteiger partial charge in [0.15, 0.2) is 0 Å². The Hall–Kier alpha value is -2.31. The van der Waals surface area contributed by atoms with Gasteiger partial charge in [-0.15, -0.1) is 0 Å². The first-order chi connectivity index (χ1) is 11.9. The molecule has 2 aromatic rings. The summed E-state index contributed by atoms with van der Waals surface area (Å²) >= 11 is 12.1. The van der Waals surface area contributed by atoms with Gasteiger partial charge in [-0.2, -0.15) is 0 Å². The van der Waals surface area contributed by atoms with Gasteiger partial charge in [0, 0.05) is 26.1 Å². The third kappa shape index (κ3) is 3.41. The Bertz CT molecular complexity index is 855. The maximum Gasteiger partial charge on any atom is 0.314 e. The van der Waals surface area contributed by atoms with Crippen LogP contribution in [-0.2, 0) is 9.53 Å². The van der Waals surface area contributed by atoms with E-state index in [1.807, 2.05) is 0 Å². The Balaban J connectivity index is 2.28. The lowest BCUT2D eigenvalue weighted by Gasteiger charge is -2.21. The Morgan fingerprint density at radius 3 is 2.28 bits per heavy atom. The number of methoxy groups -OCH3 is 1. The first-order valence-electron chi connectivity index (χ1n) is 7.37. The quantitative estimate of drug-likeness (QED) is 0.446. The molecule has 0 aliphatic carbocycles. The smallest absolute Gasteiger partial charge is 0.314 e. The summed E-state index contributed by atoms with van der Waals surface area (Å²) in [5.74, 6) is -1.55. The molecule has 2 aromatic carbocycles. The molecule has 2 atom stereocenters. The predicted molar refractivity (Wildman–Crippen MR) is 92.3 cm³/mol. The summed E-state index contributed by atoms with van der Waals surface area (Å²) in [4.78, 5) is 23.3. The number of hydrogen-bond acceptors (Lipinski definition) is 5. The van der Waals surface area contributed by atoms with Crippen molar-refractivity contribution in [1.82, 2.24) is 0 Å². The second-order valence-electron chi connectivity index (χ2n) is 5.59. The average molecular weight is 382 g/mol. The molecule has 0 saturated heterocycles. The van der Waals surface area contributed by atoms with E-state index in [-0.39, 0.29) is 0 Å². The molecule has 0 spiro atoms. The summed E-state index contributed by atoms with van der Waals surface area (Å²) in [6.07, 6.45) is 0. The first kappa shape index (κ1) is 17.5. The van der Waals surface area contributed by atoms with Crippen molar-refractivity contribution in [2.75, 3.05) is 13.7 Å². The number of benzene rings is 2. The van der Waals surface area contributed by atoms with Crippen LogP contribution in [-0.4, -0.2) is 24.5 Å².